The number of carboxylic acids is 1. The SMILES string of the molecule is COc1ccc(SN(CC(=O)O)Cc2ccc(Cl)cc2)cc1. The molecule has 0 unspecified atom stereocenters. The van der Waals surface area contributed by atoms with Crippen molar-refractivity contribution in [1.29, 1.82) is 0 Å². The summed E-state index contributed by atoms with van der Waals surface area (Å²) < 4.78 is 6.90. The molecule has 0 heterocycles. The minimum absolute atomic E-state index is 0.0562. The van der Waals surface area contributed by atoms with Crippen molar-refractivity contribution in [1.82, 2.24) is 4.31 Å². The second-order valence-corrected chi connectivity index (χ2v) is 6.19. The van der Waals surface area contributed by atoms with Crippen molar-refractivity contribution in [3.8, 4) is 5.75 Å². The topological polar surface area (TPSA) is 49.8 Å². The number of carbonyl (C=O) groups is 1. The van der Waals surface area contributed by atoms with Gasteiger partial charge in [-0.3, -0.25) is 4.79 Å². The molecule has 0 saturated heterocycles. The highest BCUT2D eigenvalue weighted by molar-refractivity contribution is 7.97. The lowest BCUT2D eigenvalue weighted by Crippen LogP contribution is -2.23. The molecular formula is C16H16ClNO3S. The Balaban J connectivity index is 2.07. The zero-order valence-electron chi connectivity index (χ0n) is 12.0. The average Bonchev–Trinajstić information content (AvgIpc) is 2.50. The van der Waals surface area contributed by atoms with Crippen LogP contribution in [0.2, 0.25) is 5.02 Å². The van der Waals surface area contributed by atoms with Crippen molar-refractivity contribution in [3.63, 3.8) is 0 Å². The van der Waals surface area contributed by atoms with E-state index in [0.717, 1.165) is 16.2 Å². The van der Waals surface area contributed by atoms with Crippen molar-refractivity contribution in [2.24, 2.45) is 0 Å². The molecular weight excluding hydrogens is 322 g/mol. The number of hydrogen-bond donors (Lipinski definition) is 1. The fourth-order valence-electron chi connectivity index (χ4n) is 1.85. The molecule has 0 radical (unpaired) electrons. The van der Waals surface area contributed by atoms with Crippen molar-refractivity contribution < 1.29 is 14.6 Å². The van der Waals surface area contributed by atoms with E-state index in [4.69, 9.17) is 21.4 Å². The smallest absolute Gasteiger partial charge is 0.318 e. The predicted octanol–water partition coefficient (Wildman–Crippen LogP) is 3.94. The summed E-state index contributed by atoms with van der Waals surface area (Å²) in [6.45, 7) is 0.458. The molecule has 6 heteroatoms. The van der Waals surface area contributed by atoms with E-state index in [1.54, 1.807) is 23.5 Å². The zero-order chi connectivity index (χ0) is 15.9. The normalized spacial score (nSPS) is 10.7. The third-order valence-electron chi connectivity index (χ3n) is 2.88. The van der Waals surface area contributed by atoms with E-state index >= 15 is 0 Å². The first-order chi connectivity index (χ1) is 10.6. The van der Waals surface area contributed by atoms with Gasteiger partial charge in [-0.15, -0.1) is 0 Å². The lowest BCUT2D eigenvalue weighted by molar-refractivity contribution is -0.137. The fourth-order valence-corrected chi connectivity index (χ4v) is 2.92. The number of aliphatic carboxylic acids is 1. The molecule has 2 aromatic rings. The molecule has 0 bridgehead atoms. The molecule has 0 amide bonds. The van der Waals surface area contributed by atoms with E-state index in [1.165, 1.54) is 11.9 Å². The molecule has 22 heavy (non-hydrogen) atoms. The van der Waals surface area contributed by atoms with Gasteiger partial charge in [-0.2, -0.15) is 0 Å². The predicted molar refractivity (Wildman–Crippen MR) is 88.3 cm³/mol. The molecule has 0 aliphatic rings. The van der Waals surface area contributed by atoms with Crippen LogP contribution in [0.1, 0.15) is 5.56 Å². The lowest BCUT2D eigenvalue weighted by atomic mass is 10.2. The summed E-state index contributed by atoms with van der Waals surface area (Å²) in [6, 6.07) is 14.9. The standard InChI is InChI=1S/C16H16ClNO3S/c1-21-14-6-8-15(9-7-14)22-18(11-16(19)20)10-12-2-4-13(17)5-3-12/h2-9H,10-11H2,1H3,(H,19,20). The maximum atomic E-state index is 11.0. The van der Waals surface area contributed by atoms with Crippen molar-refractivity contribution in [3.05, 3.63) is 59.1 Å². The third-order valence-corrected chi connectivity index (χ3v) is 4.13. The lowest BCUT2D eigenvalue weighted by Gasteiger charge is -2.19. The largest absolute Gasteiger partial charge is 0.497 e. The summed E-state index contributed by atoms with van der Waals surface area (Å²) in [5, 5.41) is 9.73. The minimum atomic E-state index is -0.866. The first kappa shape index (κ1) is 16.7. The monoisotopic (exact) mass is 337 g/mol. The van der Waals surface area contributed by atoms with E-state index in [2.05, 4.69) is 0 Å². The van der Waals surface area contributed by atoms with Crippen LogP contribution in [0.5, 0.6) is 5.75 Å². The number of halogens is 1. The quantitative estimate of drug-likeness (QED) is 0.775. The molecule has 0 saturated carbocycles. The Morgan fingerprint density at radius 1 is 1.18 bits per heavy atom. The number of methoxy groups -OCH3 is 1. The Morgan fingerprint density at radius 3 is 2.36 bits per heavy atom. The van der Waals surface area contributed by atoms with Crippen LogP contribution in [0.3, 0.4) is 0 Å². The van der Waals surface area contributed by atoms with Gasteiger partial charge >= 0.3 is 5.97 Å². The van der Waals surface area contributed by atoms with Gasteiger partial charge in [-0.1, -0.05) is 23.7 Å². The first-order valence-electron chi connectivity index (χ1n) is 6.60. The Hall–Kier alpha value is -1.69. The number of hydrogen-bond acceptors (Lipinski definition) is 4. The molecule has 4 nitrogen and oxygen atoms in total. The van der Waals surface area contributed by atoms with E-state index < -0.39 is 5.97 Å². The van der Waals surface area contributed by atoms with E-state index in [9.17, 15) is 4.79 Å². The molecule has 2 rings (SSSR count). The second-order valence-electron chi connectivity index (χ2n) is 4.59. The first-order valence-corrected chi connectivity index (χ1v) is 7.75. The van der Waals surface area contributed by atoms with Gasteiger partial charge in [0.1, 0.15) is 12.3 Å². The number of benzene rings is 2. The molecule has 116 valence electrons. The summed E-state index contributed by atoms with van der Waals surface area (Å²) in [6.07, 6.45) is 0. The van der Waals surface area contributed by atoms with E-state index in [0.29, 0.717) is 11.6 Å². The van der Waals surface area contributed by atoms with Crippen LogP contribution in [0, 0.1) is 0 Å². The molecule has 2 aromatic carbocycles. The van der Waals surface area contributed by atoms with Crippen LogP contribution in [0.4, 0.5) is 0 Å². The Morgan fingerprint density at radius 2 is 1.82 bits per heavy atom. The van der Waals surface area contributed by atoms with Crippen LogP contribution >= 0.6 is 23.5 Å². The minimum Gasteiger partial charge on any atom is -0.497 e. The van der Waals surface area contributed by atoms with Crippen LogP contribution in [-0.2, 0) is 11.3 Å². The van der Waals surface area contributed by atoms with Gasteiger partial charge in [0.05, 0.1) is 7.11 Å². The molecule has 1 N–H and O–H groups in total. The molecule has 0 aliphatic carbocycles. The highest BCUT2D eigenvalue weighted by Crippen LogP contribution is 2.26. The Bertz CT molecular complexity index is 616. The molecule has 0 fully saturated rings. The van der Waals surface area contributed by atoms with Crippen LogP contribution in [-0.4, -0.2) is 29.0 Å². The van der Waals surface area contributed by atoms with Crippen LogP contribution < -0.4 is 4.74 Å². The summed E-state index contributed by atoms with van der Waals surface area (Å²) in [7, 11) is 1.61. The number of ether oxygens (including phenoxy) is 1. The number of rotatable bonds is 7. The summed E-state index contributed by atoms with van der Waals surface area (Å²) in [5.41, 5.74) is 1.01. The average molecular weight is 338 g/mol. The van der Waals surface area contributed by atoms with E-state index in [-0.39, 0.29) is 6.54 Å². The molecule has 0 aromatic heterocycles. The van der Waals surface area contributed by atoms with Gasteiger partial charge in [-0.05, 0) is 53.9 Å². The maximum absolute atomic E-state index is 11.0. The van der Waals surface area contributed by atoms with Crippen molar-refractivity contribution in [2.45, 2.75) is 11.4 Å². The van der Waals surface area contributed by atoms with Gasteiger partial charge in [-0.25, -0.2) is 4.31 Å². The van der Waals surface area contributed by atoms with E-state index in [1.807, 2.05) is 36.4 Å². The summed E-state index contributed by atoms with van der Waals surface area (Å²) >= 11 is 7.27. The molecule has 0 spiro atoms. The second kappa shape index (κ2) is 8.08. The Labute approximate surface area is 138 Å². The fraction of sp³-hybridized carbons (Fsp3) is 0.188. The van der Waals surface area contributed by atoms with Crippen LogP contribution in [0.15, 0.2) is 53.4 Å². The van der Waals surface area contributed by atoms with Crippen molar-refractivity contribution >= 4 is 29.5 Å². The highest BCUT2D eigenvalue weighted by atomic mass is 35.5. The Kier molecular flexibility index (Phi) is 6.12. The van der Waals surface area contributed by atoms with Gasteiger partial charge < -0.3 is 9.84 Å². The van der Waals surface area contributed by atoms with Gasteiger partial charge in [0.2, 0.25) is 0 Å². The number of carboxylic acid groups (broad SMARTS) is 1. The van der Waals surface area contributed by atoms with Crippen LogP contribution in [0.25, 0.3) is 0 Å². The number of nitrogens with zero attached hydrogens (tertiary/aromatic N) is 1. The molecule has 0 atom stereocenters. The maximum Gasteiger partial charge on any atom is 0.318 e. The molecule has 0 aliphatic heterocycles. The highest BCUT2D eigenvalue weighted by Gasteiger charge is 2.12. The van der Waals surface area contributed by atoms with Gasteiger partial charge in [0, 0.05) is 16.5 Å². The van der Waals surface area contributed by atoms with Gasteiger partial charge in [0.15, 0.2) is 0 Å². The third kappa shape index (κ3) is 5.26. The summed E-state index contributed by atoms with van der Waals surface area (Å²) in [4.78, 5) is 12.0. The van der Waals surface area contributed by atoms with Crippen molar-refractivity contribution in [2.75, 3.05) is 13.7 Å². The summed E-state index contributed by atoms with van der Waals surface area (Å²) in [5.74, 6) is -0.0955. The van der Waals surface area contributed by atoms with Gasteiger partial charge in [0.25, 0.3) is 0 Å². The zero-order valence-corrected chi connectivity index (χ0v) is 13.6.